The lowest BCUT2D eigenvalue weighted by Gasteiger charge is -2.18. The van der Waals surface area contributed by atoms with Crippen LogP contribution in [0, 0.1) is 5.82 Å². The second-order valence-corrected chi connectivity index (χ2v) is 10.1. The van der Waals surface area contributed by atoms with Gasteiger partial charge < -0.3 is 9.84 Å². The van der Waals surface area contributed by atoms with Crippen LogP contribution in [0.15, 0.2) is 71.6 Å². The summed E-state index contributed by atoms with van der Waals surface area (Å²) < 4.78 is 49.2. The second kappa shape index (κ2) is 9.73. The van der Waals surface area contributed by atoms with E-state index in [1.807, 2.05) is 0 Å². The molecule has 0 amide bonds. The summed E-state index contributed by atoms with van der Waals surface area (Å²) in [5.41, 5.74) is 0.752. The molecule has 0 saturated carbocycles. The predicted molar refractivity (Wildman–Crippen MR) is 135 cm³/mol. The van der Waals surface area contributed by atoms with Gasteiger partial charge in [0.1, 0.15) is 11.6 Å². The van der Waals surface area contributed by atoms with Crippen molar-refractivity contribution in [2.75, 3.05) is 11.8 Å². The Morgan fingerprint density at radius 2 is 1.71 bits per heavy atom. The molecule has 0 aliphatic heterocycles. The quantitative estimate of drug-likeness (QED) is 0.287. The fraction of sp³-hybridized carbons (Fsp3) is 0.0800. The number of anilines is 1. The van der Waals surface area contributed by atoms with Gasteiger partial charge in [-0.2, -0.15) is 0 Å². The van der Waals surface area contributed by atoms with Crippen molar-refractivity contribution in [1.82, 2.24) is 0 Å². The first-order valence-electron chi connectivity index (χ1n) is 10.2. The van der Waals surface area contributed by atoms with Crippen LogP contribution in [0.4, 0.5) is 10.1 Å². The first-order chi connectivity index (χ1) is 16.6. The van der Waals surface area contributed by atoms with Crippen LogP contribution in [-0.2, 0) is 21.2 Å². The molecule has 4 aromatic rings. The van der Waals surface area contributed by atoms with Gasteiger partial charge in [-0.3, -0.25) is 9.52 Å². The lowest BCUT2D eigenvalue weighted by Crippen LogP contribution is -2.14. The van der Waals surface area contributed by atoms with Crippen LogP contribution < -0.4 is 9.46 Å². The van der Waals surface area contributed by atoms with Crippen LogP contribution in [0.2, 0.25) is 10.0 Å². The number of carboxylic acid groups (broad SMARTS) is 1. The molecule has 180 valence electrons. The molecule has 0 aliphatic rings. The minimum atomic E-state index is -4.23. The Balaban J connectivity index is 1.92. The standard InChI is InChI=1S/C25H18Cl2FNO5S/c1-34-25-18-5-3-2-4-17(18)23(13-20(25)19-12-15(26)6-8-21(19)27)35(32,33)29-16-7-9-22(28)14(10-16)11-24(30)31/h2-10,12-13,29H,11H2,1H3,(H,30,31). The number of methoxy groups -OCH3 is 1. The number of nitrogens with one attached hydrogen (secondary N) is 1. The van der Waals surface area contributed by atoms with Crippen LogP contribution in [0.5, 0.6) is 5.75 Å². The van der Waals surface area contributed by atoms with E-state index in [2.05, 4.69) is 4.72 Å². The fourth-order valence-electron chi connectivity index (χ4n) is 3.81. The largest absolute Gasteiger partial charge is 0.495 e. The highest BCUT2D eigenvalue weighted by Crippen LogP contribution is 2.43. The lowest BCUT2D eigenvalue weighted by atomic mass is 9.99. The summed E-state index contributed by atoms with van der Waals surface area (Å²) in [6.07, 6.45) is -0.593. The van der Waals surface area contributed by atoms with E-state index in [1.54, 1.807) is 42.5 Å². The normalized spacial score (nSPS) is 11.4. The average molecular weight is 534 g/mol. The highest BCUT2D eigenvalue weighted by molar-refractivity contribution is 7.93. The van der Waals surface area contributed by atoms with Crippen molar-refractivity contribution in [3.05, 3.63) is 88.2 Å². The minimum Gasteiger partial charge on any atom is -0.495 e. The van der Waals surface area contributed by atoms with E-state index in [4.69, 9.17) is 33.0 Å². The summed E-state index contributed by atoms with van der Waals surface area (Å²) in [6.45, 7) is 0. The van der Waals surface area contributed by atoms with Gasteiger partial charge in [-0.25, -0.2) is 12.8 Å². The molecule has 2 N–H and O–H groups in total. The van der Waals surface area contributed by atoms with Crippen LogP contribution in [0.1, 0.15) is 5.56 Å². The molecule has 0 saturated heterocycles. The van der Waals surface area contributed by atoms with Crippen LogP contribution in [0.25, 0.3) is 21.9 Å². The van der Waals surface area contributed by atoms with Crippen molar-refractivity contribution >= 4 is 55.7 Å². The SMILES string of the molecule is COc1c(-c2cc(Cl)ccc2Cl)cc(S(=O)(=O)Nc2ccc(F)c(CC(=O)O)c2)c2ccccc12. The zero-order valence-electron chi connectivity index (χ0n) is 18.2. The monoisotopic (exact) mass is 533 g/mol. The number of rotatable bonds is 7. The van der Waals surface area contributed by atoms with E-state index >= 15 is 0 Å². The predicted octanol–water partition coefficient (Wildman–Crippen LogP) is 6.39. The Bertz CT molecular complexity index is 1570. The molecule has 0 bridgehead atoms. The third kappa shape index (κ3) is 5.05. The molecule has 35 heavy (non-hydrogen) atoms. The molecule has 0 heterocycles. The van der Waals surface area contributed by atoms with Crippen LogP contribution in [-0.4, -0.2) is 26.6 Å². The van der Waals surface area contributed by atoms with Gasteiger partial charge in [0, 0.05) is 43.2 Å². The van der Waals surface area contributed by atoms with Crippen molar-refractivity contribution in [1.29, 1.82) is 0 Å². The van der Waals surface area contributed by atoms with Gasteiger partial charge in [0.2, 0.25) is 0 Å². The van der Waals surface area contributed by atoms with Gasteiger partial charge in [0.05, 0.1) is 18.4 Å². The zero-order valence-corrected chi connectivity index (χ0v) is 20.5. The number of carboxylic acids is 1. The van der Waals surface area contributed by atoms with Crippen molar-refractivity contribution in [3.8, 4) is 16.9 Å². The van der Waals surface area contributed by atoms with Gasteiger partial charge in [-0.1, -0.05) is 47.5 Å². The van der Waals surface area contributed by atoms with Gasteiger partial charge in [-0.15, -0.1) is 0 Å². The number of halogens is 3. The first kappa shape index (κ1) is 24.8. The number of benzene rings is 4. The van der Waals surface area contributed by atoms with Crippen molar-refractivity contribution in [3.63, 3.8) is 0 Å². The highest BCUT2D eigenvalue weighted by atomic mass is 35.5. The van der Waals surface area contributed by atoms with E-state index < -0.39 is 28.2 Å². The van der Waals surface area contributed by atoms with Crippen LogP contribution in [0.3, 0.4) is 0 Å². The Kier molecular flexibility index (Phi) is 6.89. The topological polar surface area (TPSA) is 92.7 Å². The number of sulfonamides is 1. The second-order valence-electron chi connectivity index (χ2n) is 7.61. The third-order valence-corrected chi connectivity index (χ3v) is 7.29. The van der Waals surface area contributed by atoms with E-state index in [0.29, 0.717) is 37.7 Å². The van der Waals surface area contributed by atoms with Gasteiger partial charge in [-0.05, 0) is 42.5 Å². The molecule has 4 aromatic carbocycles. The molecule has 0 unspecified atom stereocenters. The van der Waals surface area contributed by atoms with E-state index in [9.17, 15) is 17.6 Å². The first-order valence-corrected chi connectivity index (χ1v) is 12.4. The summed E-state index contributed by atoms with van der Waals surface area (Å²) in [4.78, 5) is 11.0. The Labute approximate surface area is 210 Å². The molecule has 6 nitrogen and oxygen atoms in total. The molecule has 0 fully saturated rings. The van der Waals surface area contributed by atoms with Gasteiger partial charge in [0.15, 0.2) is 0 Å². The summed E-state index contributed by atoms with van der Waals surface area (Å²) >= 11 is 12.6. The zero-order chi connectivity index (χ0) is 25.3. The number of fused-ring (bicyclic) bond motifs is 1. The summed E-state index contributed by atoms with van der Waals surface area (Å²) in [6, 6.07) is 16.4. The number of hydrogen-bond donors (Lipinski definition) is 2. The Hall–Kier alpha value is -3.33. The molecule has 4 rings (SSSR count). The number of carbonyl (C=O) groups is 1. The Morgan fingerprint density at radius 1 is 1.00 bits per heavy atom. The molecule has 0 aromatic heterocycles. The number of hydrogen-bond acceptors (Lipinski definition) is 4. The molecule has 0 spiro atoms. The molecular weight excluding hydrogens is 516 g/mol. The molecule has 0 atom stereocenters. The smallest absolute Gasteiger partial charge is 0.307 e. The van der Waals surface area contributed by atoms with E-state index in [0.717, 1.165) is 12.1 Å². The van der Waals surface area contributed by atoms with Crippen molar-refractivity contribution < 1.29 is 27.4 Å². The average Bonchev–Trinajstić information content (AvgIpc) is 2.81. The van der Waals surface area contributed by atoms with Gasteiger partial charge in [0.25, 0.3) is 10.0 Å². The summed E-state index contributed by atoms with van der Waals surface area (Å²) in [5.74, 6) is -1.58. The maximum Gasteiger partial charge on any atom is 0.307 e. The summed E-state index contributed by atoms with van der Waals surface area (Å²) in [5, 5.41) is 10.7. The van der Waals surface area contributed by atoms with Crippen LogP contribution >= 0.6 is 23.2 Å². The number of ether oxygens (including phenoxy) is 1. The number of aliphatic carboxylic acids is 1. The fourth-order valence-corrected chi connectivity index (χ4v) is 5.49. The van der Waals surface area contributed by atoms with E-state index in [-0.39, 0.29) is 16.1 Å². The van der Waals surface area contributed by atoms with E-state index in [1.165, 1.54) is 19.2 Å². The minimum absolute atomic E-state index is 0.0184. The maximum atomic E-state index is 14.0. The molecule has 10 heteroatoms. The summed E-state index contributed by atoms with van der Waals surface area (Å²) in [7, 11) is -2.76. The molecule has 0 aliphatic carbocycles. The van der Waals surface area contributed by atoms with Gasteiger partial charge >= 0.3 is 5.97 Å². The highest BCUT2D eigenvalue weighted by Gasteiger charge is 2.24. The maximum absolute atomic E-state index is 14.0. The van der Waals surface area contributed by atoms with Crippen molar-refractivity contribution in [2.45, 2.75) is 11.3 Å². The molecule has 0 radical (unpaired) electrons. The third-order valence-electron chi connectivity index (χ3n) is 5.31. The molecular formula is C25H18Cl2FNO5S. The lowest BCUT2D eigenvalue weighted by molar-refractivity contribution is -0.136. The van der Waals surface area contributed by atoms with Crippen molar-refractivity contribution in [2.24, 2.45) is 0 Å². The Morgan fingerprint density at radius 3 is 2.40 bits per heavy atom.